The third kappa shape index (κ3) is 4.09. The van der Waals surface area contributed by atoms with Crippen molar-refractivity contribution >= 4 is 45.0 Å². The molecule has 1 aromatic carbocycles. The highest BCUT2D eigenvalue weighted by atomic mass is 35.5. The molecule has 1 amide bonds. The van der Waals surface area contributed by atoms with E-state index in [1.165, 1.54) is 11.3 Å². The van der Waals surface area contributed by atoms with E-state index in [1.54, 1.807) is 0 Å². The van der Waals surface area contributed by atoms with E-state index < -0.39 is 0 Å². The first-order valence-electron chi connectivity index (χ1n) is 7.28. The minimum atomic E-state index is 0. The molecule has 7 heteroatoms. The molecule has 1 saturated heterocycles. The van der Waals surface area contributed by atoms with Crippen molar-refractivity contribution in [1.82, 2.24) is 10.3 Å². The summed E-state index contributed by atoms with van der Waals surface area (Å²) in [6, 6.07) is 5.79. The second-order valence-corrected chi connectivity index (χ2v) is 6.22. The van der Waals surface area contributed by atoms with E-state index in [2.05, 4.69) is 15.6 Å². The molecule has 5 nitrogen and oxygen atoms in total. The van der Waals surface area contributed by atoms with Crippen molar-refractivity contribution in [2.45, 2.75) is 19.8 Å². The van der Waals surface area contributed by atoms with Crippen LogP contribution in [0.3, 0.4) is 0 Å². The van der Waals surface area contributed by atoms with Crippen molar-refractivity contribution in [3.63, 3.8) is 0 Å². The van der Waals surface area contributed by atoms with Crippen LogP contribution in [0.25, 0.3) is 10.2 Å². The molecule has 1 aliphatic rings. The van der Waals surface area contributed by atoms with Crippen LogP contribution in [0.15, 0.2) is 18.2 Å². The number of hydrogen-bond acceptors (Lipinski definition) is 5. The molecule has 1 aliphatic heterocycles. The second kappa shape index (κ2) is 7.76. The SMILES string of the molecule is CCOc1ccc2nc(NC(=O)CC3CCNC3)sc2c1.Cl. The number of halogens is 1. The predicted molar refractivity (Wildman–Crippen MR) is 92.3 cm³/mol. The number of hydrogen-bond donors (Lipinski definition) is 2. The van der Waals surface area contributed by atoms with Crippen LogP contribution in [0.2, 0.25) is 0 Å². The summed E-state index contributed by atoms with van der Waals surface area (Å²) >= 11 is 1.48. The molecule has 120 valence electrons. The van der Waals surface area contributed by atoms with Crippen LogP contribution in [0.4, 0.5) is 5.13 Å². The van der Waals surface area contributed by atoms with E-state index >= 15 is 0 Å². The van der Waals surface area contributed by atoms with E-state index in [0.717, 1.165) is 35.5 Å². The molecule has 22 heavy (non-hydrogen) atoms. The van der Waals surface area contributed by atoms with Crippen LogP contribution in [-0.2, 0) is 4.79 Å². The van der Waals surface area contributed by atoms with Gasteiger partial charge in [-0.15, -0.1) is 12.4 Å². The van der Waals surface area contributed by atoms with Crippen molar-refractivity contribution in [3.8, 4) is 5.75 Å². The van der Waals surface area contributed by atoms with Gasteiger partial charge in [-0.3, -0.25) is 4.79 Å². The molecule has 0 radical (unpaired) electrons. The van der Waals surface area contributed by atoms with Crippen LogP contribution < -0.4 is 15.4 Å². The standard InChI is InChI=1S/C15H19N3O2S.ClH/c1-2-20-11-3-4-12-13(8-11)21-15(17-12)18-14(19)7-10-5-6-16-9-10;/h3-4,8,10,16H,2,5-7,9H2,1H3,(H,17,18,19);1H. The molecule has 0 aliphatic carbocycles. The summed E-state index contributed by atoms with van der Waals surface area (Å²) in [4.78, 5) is 16.5. The summed E-state index contributed by atoms with van der Waals surface area (Å²) in [5.41, 5.74) is 0.890. The molecule has 1 atom stereocenters. The normalized spacial score (nSPS) is 17.2. The first-order chi connectivity index (χ1) is 10.2. The van der Waals surface area contributed by atoms with Gasteiger partial charge in [0.25, 0.3) is 0 Å². The molecule has 1 unspecified atom stereocenters. The molecule has 1 aromatic heterocycles. The first kappa shape index (κ1) is 17.0. The number of aromatic nitrogens is 1. The van der Waals surface area contributed by atoms with Gasteiger partial charge in [0.15, 0.2) is 5.13 Å². The molecule has 0 saturated carbocycles. The fraction of sp³-hybridized carbons (Fsp3) is 0.467. The molecule has 0 bridgehead atoms. The van der Waals surface area contributed by atoms with Gasteiger partial charge in [0, 0.05) is 6.42 Å². The Morgan fingerprint density at radius 3 is 3.14 bits per heavy atom. The van der Waals surface area contributed by atoms with Gasteiger partial charge >= 0.3 is 0 Å². The zero-order valence-electron chi connectivity index (χ0n) is 12.4. The van der Waals surface area contributed by atoms with Gasteiger partial charge in [0.2, 0.25) is 5.91 Å². The summed E-state index contributed by atoms with van der Waals surface area (Å²) in [6.45, 7) is 4.55. The number of ether oxygens (including phenoxy) is 1. The van der Waals surface area contributed by atoms with Crippen molar-refractivity contribution in [3.05, 3.63) is 18.2 Å². The molecule has 0 spiro atoms. The van der Waals surface area contributed by atoms with Gasteiger partial charge in [-0.1, -0.05) is 11.3 Å². The van der Waals surface area contributed by atoms with E-state index in [-0.39, 0.29) is 18.3 Å². The Hall–Kier alpha value is -1.37. The monoisotopic (exact) mass is 341 g/mol. The number of fused-ring (bicyclic) bond motifs is 1. The van der Waals surface area contributed by atoms with Gasteiger partial charge in [-0.2, -0.15) is 0 Å². The lowest BCUT2D eigenvalue weighted by Crippen LogP contribution is -2.18. The van der Waals surface area contributed by atoms with Crippen LogP contribution in [0.1, 0.15) is 19.8 Å². The van der Waals surface area contributed by atoms with Crippen LogP contribution >= 0.6 is 23.7 Å². The number of nitrogens with one attached hydrogen (secondary N) is 2. The van der Waals surface area contributed by atoms with Gasteiger partial charge in [0.05, 0.1) is 16.8 Å². The average Bonchev–Trinajstić information content (AvgIpc) is 3.07. The number of benzene rings is 1. The summed E-state index contributed by atoms with van der Waals surface area (Å²) in [7, 11) is 0. The Balaban J connectivity index is 0.00000176. The van der Waals surface area contributed by atoms with Crippen molar-refractivity contribution < 1.29 is 9.53 Å². The number of carbonyl (C=O) groups is 1. The Labute approximate surface area is 139 Å². The second-order valence-electron chi connectivity index (χ2n) is 5.19. The van der Waals surface area contributed by atoms with Gasteiger partial charge < -0.3 is 15.4 Å². The first-order valence-corrected chi connectivity index (χ1v) is 8.10. The van der Waals surface area contributed by atoms with Crippen molar-refractivity contribution in [2.24, 2.45) is 5.92 Å². The van der Waals surface area contributed by atoms with Crippen LogP contribution in [0, 0.1) is 5.92 Å². The molecule has 2 N–H and O–H groups in total. The zero-order valence-corrected chi connectivity index (χ0v) is 14.1. The maximum absolute atomic E-state index is 12.0. The zero-order chi connectivity index (χ0) is 14.7. The lowest BCUT2D eigenvalue weighted by atomic mass is 10.1. The average molecular weight is 342 g/mol. The number of anilines is 1. The largest absolute Gasteiger partial charge is 0.494 e. The highest BCUT2D eigenvalue weighted by Crippen LogP contribution is 2.29. The summed E-state index contributed by atoms with van der Waals surface area (Å²) in [5.74, 6) is 1.33. The predicted octanol–water partition coefficient (Wildman–Crippen LogP) is 3.05. The Kier molecular flexibility index (Phi) is 5.99. The third-order valence-corrected chi connectivity index (χ3v) is 4.49. The highest BCUT2D eigenvalue weighted by molar-refractivity contribution is 7.22. The lowest BCUT2D eigenvalue weighted by Gasteiger charge is -2.06. The summed E-state index contributed by atoms with van der Waals surface area (Å²) in [5, 5.41) is 6.85. The third-order valence-electron chi connectivity index (χ3n) is 3.55. The smallest absolute Gasteiger partial charge is 0.226 e. The molecule has 2 heterocycles. The molecular weight excluding hydrogens is 322 g/mol. The molecular formula is C15H20ClN3O2S. The number of amides is 1. The summed E-state index contributed by atoms with van der Waals surface area (Å²) < 4.78 is 6.50. The Morgan fingerprint density at radius 2 is 2.41 bits per heavy atom. The number of carbonyl (C=O) groups excluding carboxylic acids is 1. The lowest BCUT2D eigenvalue weighted by molar-refractivity contribution is -0.116. The van der Waals surface area contributed by atoms with E-state index in [1.807, 2.05) is 25.1 Å². The van der Waals surface area contributed by atoms with Crippen LogP contribution in [-0.4, -0.2) is 30.6 Å². The van der Waals surface area contributed by atoms with Crippen molar-refractivity contribution in [2.75, 3.05) is 25.0 Å². The maximum atomic E-state index is 12.0. The van der Waals surface area contributed by atoms with E-state index in [0.29, 0.717) is 24.1 Å². The Bertz CT molecular complexity index is 641. The topological polar surface area (TPSA) is 63.2 Å². The fourth-order valence-electron chi connectivity index (χ4n) is 2.54. The highest BCUT2D eigenvalue weighted by Gasteiger charge is 2.18. The quantitative estimate of drug-likeness (QED) is 0.877. The number of rotatable bonds is 5. The van der Waals surface area contributed by atoms with Crippen molar-refractivity contribution in [1.29, 1.82) is 0 Å². The van der Waals surface area contributed by atoms with E-state index in [9.17, 15) is 4.79 Å². The number of thiazole rings is 1. The minimum Gasteiger partial charge on any atom is -0.494 e. The van der Waals surface area contributed by atoms with Gasteiger partial charge in [-0.25, -0.2) is 4.98 Å². The molecule has 1 fully saturated rings. The minimum absolute atomic E-state index is 0. The fourth-order valence-corrected chi connectivity index (χ4v) is 3.45. The molecule has 2 aromatic rings. The van der Waals surface area contributed by atoms with E-state index in [4.69, 9.17) is 4.74 Å². The Morgan fingerprint density at radius 1 is 1.55 bits per heavy atom. The summed E-state index contributed by atoms with van der Waals surface area (Å²) in [6.07, 6.45) is 1.64. The van der Waals surface area contributed by atoms with Crippen LogP contribution in [0.5, 0.6) is 5.75 Å². The molecule has 3 rings (SSSR count). The van der Waals surface area contributed by atoms with Gasteiger partial charge in [-0.05, 0) is 50.6 Å². The maximum Gasteiger partial charge on any atom is 0.226 e. The van der Waals surface area contributed by atoms with Gasteiger partial charge in [0.1, 0.15) is 5.75 Å². The number of nitrogens with zero attached hydrogens (tertiary/aromatic N) is 1.